The first-order chi connectivity index (χ1) is 10.5. The summed E-state index contributed by atoms with van der Waals surface area (Å²) >= 11 is 5.51. The lowest BCUT2D eigenvalue weighted by Gasteiger charge is -2.33. The highest BCUT2D eigenvalue weighted by Crippen LogP contribution is 2.21. The van der Waals surface area contributed by atoms with Crippen LogP contribution in [0.5, 0.6) is 5.75 Å². The van der Waals surface area contributed by atoms with Crippen LogP contribution in [-0.2, 0) is 14.8 Å². The Morgan fingerprint density at radius 1 is 1.18 bits per heavy atom. The molecule has 0 N–H and O–H groups in total. The Morgan fingerprint density at radius 2 is 1.77 bits per heavy atom. The van der Waals surface area contributed by atoms with E-state index in [0.29, 0.717) is 25.4 Å². The molecule has 0 spiro atoms. The Hall–Kier alpha value is -1.31. The molecule has 6 nitrogen and oxygen atoms in total. The first kappa shape index (κ1) is 17.1. The molecule has 2 rings (SSSR count). The summed E-state index contributed by atoms with van der Waals surface area (Å²) in [5.41, 5.74) is 0. The third-order valence-electron chi connectivity index (χ3n) is 3.48. The van der Waals surface area contributed by atoms with E-state index in [1.165, 1.54) is 16.4 Å². The molecule has 0 bridgehead atoms. The number of rotatable bonds is 5. The highest BCUT2D eigenvalue weighted by Gasteiger charge is 2.29. The van der Waals surface area contributed by atoms with E-state index in [-0.39, 0.29) is 29.8 Å². The maximum atomic E-state index is 12.6. The Labute approximate surface area is 135 Å². The van der Waals surface area contributed by atoms with E-state index < -0.39 is 10.0 Å². The molecule has 0 aliphatic carbocycles. The molecule has 122 valence electrons. The van der Waals surface area contributed by atoms with Crippen LogP contribution >= 0.6 is 11.6 Å². The number of piperazine rings is 1. The van der Waals surface area contributed by atoms with Gasteiger partial charge in [-0.3, -0.25) is 4.79 Å². The molecule has 1 aliphatic rings. The van der Waals surface area contributed by atoms with Gasteiger partial charge in [-0.25, -0.2) is 8.42 Å². The summed E-state index contributed by atoms with van der Waals surface area (Å²) in [7, 11) is -3.54. The number of benzene rings is 1. The summed E-state index contributed by atoms with van der Waals surface area (Å²) in [6.07, 6.45) is 0. The molecule has 0 unspecified atom stereocenters. The van der Waals surface area contributed by atoms with Gasteiger partial charge in [0.05, 0.1) is 11.5 Å². The van der Waals surface area contributed by atoms with Gasteiger partial charge >= 0.3 is 0 Å². The average Bonchev–Trinajstić information content (AvgIpc) is 2.55. The first-order valence-electron chi connectivity index (χ1n) is 7.05. The van der Waals surface area contributed by atoms with Crippen LogP contribution in [0.15, 0.2) is 29.2 Å². The number of amides is 1. The van der Waals surface area contributed by atoms with Crippen LogP contribution in [0, 0.1) is 0 Å². The fraction of sp³-hybridized carbons (Fsp3) is 0.500. The smallest absolute Gasteiger partial charge is 0.243 e. The van der Waals surface area contributed by atoms with Crippen molar-refractivity contribution in [3.05, 3.63) is 24.3 Å². The maximum absolute atomic E-state index is 12.6. The van der Waals surface area contributed by atoms with E-state index in [9.17, 15) is 13.2 Å². The van der Waals surface area contributed by atoms with Gasteiger partial charge in [-0.05, 0) is 31.2 Å². The number of sulfonamides is 1. The highest BCUT2D eigenvalue weighted by molar-refractivity contribution is 7.89. The summed E-state index contributed by atoms with van der Waals surface area (Å²) in [6, 6.07) is 6.36. The van der Waals surface area contributed by atoms with E-state index in [1.54, 1.807) is 17.0 Å². The van der Waals surface area contributed by atoms with Gasteiger partial charge in [0.2, 0.25) is 15.9 Å². The standard InChI is InChI=1S/C14H19ClN2O4S/c1-2-21-12-3-5-13(6-4-12)22(19,20)17-9-7-16(8-10-17)14(18)11-15/h3-6H,2,7-11H2,1H3. The first-order valence-corrected chi connectivity index (χ1v) is 9.03. The number of carbonyl (C=O) groups excluding carboxylic acids is 1. The molecule has 0 aromatic heterocycles. The zero-order valence-corrected chi connectivity index (χ0v) is 13.9. The minimum absolute atomic E-state index is 0.0777. The molecule has 1 aromatic rings. The van der Waals surface area contributed by atoms with Crippen LogP contribution in [0.25, 0.3) is 0 Å². The highest BCUT2D eigenvalue weighted by atomic mass is 35.5. The van der Waals surface area contributed by atoms with E-state index in [4.69, 9.17) is 16.3 Å². The second-order valence-electron chi connectivity index (χ2n) is 4.82. The second-order valence-corrected chi connectivity index (χ2v) is 7.03. The number of carbonyl (C=O) groups is 1. The number of hydrogen-bond acceptors (Lipinski definition) is 4. The molecular weight excluding hydrogens is 328 g/mol. The van der Waals surface area contributed by atoms with Crippen LogP contribution in [0.2, 0.25) is 0 Å². The molecule has 0 radical (unpaired) electrons. The number of hydrogen-bond donors (Lipinski definition) is 0. The van der Waals surface area contributed by atoms with Crippen molar-refractivity contribution in [3.8, 4) is 5.75 Å². The largest absolute Gasteiger partial charge is 0.494 e. The molecule has 22 heavy (non-hydrogen) atoms. The number of alkyl halides is 1. The Kier molecular flexibility index (Phi) is 5.66. The molecule has 8 heteroatoms. The minimum atomic E-state index is -3.54. The van der Waals surface area contributed by atoms with Crippen molar-refractivity contribution in [2.24, 2.45) is 0 Å². The van der Waals surface area contributed by atoms with Crippen molar-refractivity contribution in [2.75, 3.05) is 38.7 Å². The van der Waals surface area contributed by atoms with Crippen LogP contribution in [0.1, 0.15) is 6.92 Å². The SMILES string of the molecule is CCOc1ccc(S(=O)(=O)N2CCN(C(=O)CCl)CC2)cc1. The topological polar surface area (TPSA) is 66.9 Å². The Bertz CT molecular complexity index is 610. The van der Waals surface area contributed by atoms with E-state index in [1.807, 2.05) is 6.92 Å². The fourth-order valence-corrected chi connectivity index (χ4v) is 3.88. The van der Waals surface area contributed by atoms with Crippen molar-refractivity contribution in [1.82, 2.24) is 9.21 Å². The zero-order valence-electron chi connectivity index (χ0n) is 12.4. The summed E-state index contributed by atoms with van der Waals surface area (Å²) in [5, 5.41) is 0. The van der Waals surface area contributed by atoms with Crippen LogP contribution < -0.4 is 4.74 Å². The molecule has 1 heterocycles. The van der Waals surface area contributed by atoms with E-state index in [2.05, 4.69) is 0 Å². The Morgan fingerprint density at radius 3 is 2.27 bits per heavy atom. The van der Waals surface area contributed by atoms with Gasteiger partial charge in [0.25, 0.3) is 0 Å². The normalized spacial score (nSPS) is 16.5. The summed E-state index contributed by atoms with van der Waals surface area (Å²) in [6.45, 7) is 3.68. The predicted molar refractivity (Wildman–Crippen MR) is 83.7 cm³/mol. The lowest BCUT2D eigenvalue weighted by Crippen LogP contribution is -2.50. The van der Waals surface area contributed by atoms with Crippen molar-refractivity contribution in [1.29, 1.82) is 0 Å². The maximum Gasteiger partial charge on any atom is 0.243 e. The van der Waals surface area contributed by atoms with Crippen molar-refractivity contribution < 1.29 is 17.9 Å². The molecule has 0 atom stereocenters. The van der Waals surface area contributed by atoms with Crippen LogP contribution in [-0.4, -0.2) is 62.2 Å². The molecule has 1 amide bonds. The quantitative estimate of drug-likeness (QED) is 0.750. The fourth-order valence-electron chi connectivity index (χ4n) is 2.29. The summed E-state index contributed by atoms with van der Waals surface area (Å²) < 4.78 is 31.8. The second kappa shape index (κ2) is 7.30. The molecule has 1 aliphatic heterocycles. The molecule has 0 saturated carbocycles. The van der Waals surface area contributed by atoms with Gasteiger partial charge in [0.1, 0.15) is 11.6 Å². The monoisotopic (exact) mass is 346 g/mol. The van der Waals surface area contributed by atoms with E-state index >= 15 is 0 Å². The molecule has 1 aromatic carbocycles. The summed E-state index contributed by atoms with van der Waals surface area (Å²) in [4.78, 5) is 13.3. The lowest BCUT2D eigenvalue weighted by atomic mass is 10.3. The van der Waals surface area contributed by atoms with Crippen LogP contribution in [0.3, 0.4) is 0 Å². The van der Waals surface area contributed by atoms with Gasteiger partial charge in [-0.1, -0.05) is 0 Å². The van der Waals surface area contributed by atoms with Crippen molar-refractivity contribution in [2.45, 2.75) is 11.8 Å². The van der Waals surface area contributed by atoms with Crippen molar-refractivity contribution in [3.63, 3.8) is 0 Å². The summed E-state index contributed by atoms with van der Waals surface area (Å²) in [5.74, 6) is 0.393. The third-order valence-corrected chi connectivity index (χ3v) is 5.62. The van der Waals surface area contributed by atoms with Gasteiger partial charge in [0.15, 0.2) is 0 Å². The van der Waals surface area contributed by atoms with Gasteiger partial charge in [0, 0.05) is 26.2 Å². The number of nitrogens with zero attached hydrogens (tertiary/aromatic N) is 2. The zero-order chi connectivity index (χ0) is 16.2. The number of halogens is 1. The van der Waals surface area contributed by atoms with E-state index in [0.717, 1.165) is 0 Å². The molecule has 1 saturated heterocycles. The molecular formula is C14H19ClN2O4S. The minimum Gasteiger partial charge on any atom is -0.494 e. The van der Waals surface area contributed by atoms with Crippen molar-refractivity contribution >= 4 is 27.5 Å². The van der Waals surface area contributed by atoms with Gasteiger partial charge in [-0.2, -0.15) is 4.31 Å². The third kappa shape index (κ3) is 3.71. The lowest BCUT2D eigenvalue weighted by molar-refractivity contribution is -0.129. The predicted octanol–water partition coefficient (Wildman–Crippen LogP) is 1.16. The number of ether oxygens (including phenoxy) is 1. The van der Waals surface area contributed by atoms with Gasteiger partial charge in [-0.15, -0.1) is 11.6 Å². The van der Waals surface area contributed by atoms with Crippen LogP contribution in [0.4, 0.5) is 0 Å². The average molecular weight is 347 g/mol. The van der Waals surface area contributed by atoms with Gasteiger partial charge < -0.3 is 9.64 Å². The Balaban J connectivity index is 2.06. The molecule has 1 fully saturated rings.